The molecule has 2 aromatic rings. The number of carbonyl (C=O) groups is 4. The Morgan fingerprint density at radius 2 is 1.67 bits per heavy atom. The third-order valence-electron chi connectivity index (χ3n) is 7.47. The third kappa shape index (κ3) is 11.2. The number of anilines is 2. The molecule has 49 heavy (non-hydrogen) atoms. The van der Waals surface area contributed by atoms with E-state index in [0.717, 1.165) is 26.3 Å². The molecule has 2 N–H and O–H groups in total. The molecule has 0 spiro atoms. The summed E-state index contributed by atoms with van der Waals surface area (Å²) in [6.07, 6.45) is -4.94. The fraction of sp³-hybridized carbons (Fsp3) is 0.594. The van der Waals surface area contributed by atoms with Crippen LogP contribution in [0.5, 0.6) is 0 Å². The van der Waals surface area contributed by atoms with Gasteiger partial charge in [-0.05, 0) is 57.9 Å². The van der Waals surface area contributed by atoms with Crippen LogP contribution in [0.25, 0.3) is 11.3 Å². The Kier molecular flexibility index (Phi) is 12.9. The normalized spacial score (nSPS) is 17.2. The Hall–Kier alpha value is -4.12. The maximum Gasteiger partial charge on any atom is 0.471 e. The summed E-state index contributed by atoms with van der Waals surface area (Å²) < 4.78 is 65.4. The Balaban J connectivity index is 2.30. The van der Waals surface area contributed by atoms with E-state index in [1.165, 1.54) is 12.1 Å². The molecule has 3 rings (SSSR count). The number of aromatic nitrogens is 2. The third-order valence-corrected chi connectivity index (χ3v) is 9.17. The van der Waals surface area contributed by atoms with Crippen molar-refractivity contribution < 1.29 is 51.3 Å². The summed E-state index contributed by atoms with van der Waals surface area (Å²) in [5, 5.41) is 5.26. The number of nitrogens with one attached hydrogen (secondary N) is 2. The van der Waals surface area contributed by atoms with Gasteiger partial charge in [-0.2, -0.15) is 13.2 Å². The zero-order valence-corrected chi connectivity index (χ0v) is 30.2. The van der Waals surface area contributed by atoms with Crippen LogP contribution in [0.1, 0.15) is 58.3 Å². The number of esters is 1. The monoisotopic (exact) mass is 713 g/mol. The highest BCUT2D eigenvalue weighted by Crippen LogP contribution is 2.39. The first-order chi connectivity index (χ1) is 22.7. The fourth-order valence-corrected chi connectivity index (χ4v) is 5.88. The number of nitrogens with zero attached hydrogens (tertiary/aromatic N) is 3. The lowest BCUT2D eigenvalue weighted by Crippen LogP contribution is -2.51. The van der Waals surface area contributed by atoms with Gasteiger partial charge in [0.2, 0.25) is 0 Å². The molecule has 0 saturated carbocycles. The van der Waals surface area contributed by atoms with E-state index in [4.69, 9.17) is 19.2 Å². The molecule has 17 heteroatoms. The predicted molar refractivity (Wildman–Crippen MR) is 178 cm³/mol. The van der Waals surface area contributed by atoms with Gasteiger partial charge < -0.3 is 28.8 Å². The van der Waals surface area contributed by atoms with Crippen LogP contribution in [0.15, 0.2) is 24.4 Å². The summed E-state index contributed by atoms with van der Waals surface area (Å²) in [4.78, 5) is 56.4. The van der Waals surface area contributed by atoms with Gasteiger partial charge in [0.25, 0.3) is 0 Å². The zero-order chi connectivity index (χ0) is 36.7. The van der Waals surface area contributed by atoms with Gasteiger partial charge in [-0.1, -0.05) is 32.5 Å². The van der Waals surface area contributed by atoms with E-state index >= 15 is 0 Å². The van der Waals surface area contributed by atoms with Crippen LogP contribution in [0.2, 0.25) is 25.7 Å². The first kappa shape index (κ1) is 39.3. The molecule has 272 valence electrons. The van der Waals surface area contributed by atoms with Crippen molar-refractivity contribution in [2.45, 2.75) is 103 Å². The minimum atomic E-state index is -5.39. The molecular formula is C32H46F3N5O8Si. The number of halogens is 3. The van der Waals surface area contributed by atoms with E-state index < -0.39 is 56.0 Å². The molecule has 1 aliphatic rings. The number of carbonyl (C=O) groups excluding carboxylic acids is 4. The summed E-state index contributed by atoms with van der Waals surface area (Å²) in [5.41, 5.74) is -1.03. The van der Waals surface area contributed by atoms with Gasteiger partial charge in [0.1, 0.15) is 24.2 Å². The Bertz CT molecular complexity index is 1500. The molecule has 0 unspecified atom stereocenters. The maximum atomic E-state index is 14.2. The average Bonchev–Trinajstić information content (AvgIpc) is 3.41. The van der Waals surface area contributed by atoms with E-state index in [9.17, 15) is 32.3 Å². The lowest BCUT2D eigenvalue weighted by molar-refractivity contribution is -0.172. The van der Waals surface area contributed by atoms with Crippen molar-refractivity contribution in [3.8, 4) is 11.3 Å². The molecule has 3 amide bonds. The zero-order valence-electron chi connectivity index (χ0n) is 29.2. The maximum absolute atomic E-state index is 14.2. The second kappa shape index (κ2) is 16.1. The van der Waals surface area contributed by atoms with Crippen LogP contribution < -0.4 is 15.5 Å². The number of alkyl carbamates (subject to hydrolysis) is 1. The number of benzene rings is 1. The molecule has 13 nitrogen and oxygen atoms in total. The number of fused-ring (bicyclic) bond motifs is 4. The quantitative estimate of drug-likeness (QED) is 0.133. The highest BCUT2D eigenvalue weighted by atomic mass is 28.3. The van der Waals surface area contributed by atoms with Gasteiger partial charge in [0.15, 0.2) is 0 Å². The van der Waals surface area contributed by atoms with Crippen LogP contribution in [-0.2, 0) is 35.3 Å². The summed E-state index contributed by atoms with van der Waals surface area (Å²) >= 11 is 0. The van der Waals surface area contributed by atoms with Crippen molar-refractivity contribution in [3.63, 3.8) is 0 Å². The van der Waals surface area contributed by atoms with Crippen LogP contribution in [0.4, 0.5) is 34.1 Å². The highest BCUT2D eigenvalue weighted by molar-refractivity contribution is 6.76. The van der Waals surface area contributed by atoms with Gasteiger partial charge in [0, 0.05) is 32.1 Å². The Labute approximate surface area is 284 Å². The summed E-state index contributed by atoms with van der Waals surface area (Å²) in [6.45, 7) is 12.2. The van der Waals surface area contributed by atoms with Gasteiger partial charge >= 0.3 is 30.2 Å². The average molecular weight is 714 g/mol. The molecule has 2 atom stereocenters. The van der Waals surface area contributed by atoms with Crippen molar-refractivity contribution >= 4 is 43.5 Å². The van der Waals surface area contributed by atoms with Crippen molar-refractivity contribution in [2.75, 3.05) is 31.0 Å². The molecule has 2 bridgehead atoms. The number of hydrogen-bond donors (Lipinski definition) is 2. The number of imidazole rings is 1. The van der Waals surface area contributed by atoms with E-state index in [1.54, 1.807) is 31.5 Å². The highest BCUT2D eigenvalue weighted by Gasteiger charge is 2.48. The van der Waals surface area contributed by atoms with Crippen LogP contribution in [0, 0.1) is 0 Å². The van der Waals surface area contributed by atoms with Crippen LogP contribution >= 0.6 is 0 Å². The minimum absolute atomic E-state index is 0.00655. The van der Waals surface area contributed by atoms with Gasteiger partial charge in [-0.3, -0.25) is 15.0 Å². The summed E-state index contributed by atoms with van der Waals surface area (Å²) in [7, 11) is 0.676. The minimum Gasteiger partial charge on any atom is -0.467 e. The number of alkyl halides is 3. The van der Waals surface area contributed by atoms with Crippen molar-refractivity contribution in [3.05, 3.63) is 30.2 Å². The molecule has 1 aromatic carbocycles. The number of ether oxygens (including phenoxy) is 4. The van der Waals surface area contributed by atoms with E-state index in [-0.39, 0.29) is 48.6 Å². The smallest absolute Gasteiger partial charge is 0.467 e. The molecule has 0 saturated heterocycles. The molecule has 2 heterocycles. The first-order valence-corrected chi connectivity index (χ1v) is 19.6. The summed E-state index contributed by atoms with van der Waals surface area (Å²) in [5.74, 6) is -3.04. The topological polar surface area (TPSA) is 150 Å². The standard InChI is InChI=1S/C32H46F3N5O8Si/c1-31(2,3)48-30(44)38-22-11-9-10-12-24(27(41)45-4)40(28(42)32(33,34)35)25-17-20(36-29(43)46-5)13-14-21(25)23-18-39(26(22)37-23)19-47-15-16-49(6,7)8/h13-14,17-18,22,24H,9-12,15-16,19H2,1-8H3,(H,36,43)(H,38,44)/t22-,24+/m0/s1. The molecule has 0 aliphatic carbocycles. The van der Waals surface area contributed by atoms with Crippen molar-refractivity contribution in [2.24, 2.45) is 0 Å². The molecule has 1 aliphatic heterocycles. The lowest BCUT2D eigenvalue weighted by atomic mass is 10.00. The van der Waals surface area contributed by atoms with Crippen molar-refractivity contribution in [1.29, 1.82) is 0 Å². The van der Waals surface area contributed by atoms with Crippen LogP contribution in [-0.4, -0.2) is 80.3 Å². The SMILES string of the molecule is COC(=O)Nc1ccc2c(c1)N(C(=O)C(F)(F)F)[C@@H](C(=O)OC)CCCC[C@H](NC(=O)OC(C)(C)C)c1nc-2cn1COCC[Si](C)(C)C. The first-order valence-electron chi connectivity index (χ1n) is 15.9. The predicted octanol–water partition coefficient (Wildman–Crippen LogP) is 6.62. The second-order valence-electron chi connectivity index (χ2n) is 13.8. The van der Waals surface area contributed by atoms with Gasteiger partial charge in [-0.15, -0.1) is 0 Å². The van der Waals surface area contributed by atoms with Crippen LogP contribution in [0.3, 0.4) is 0 Å². The van der Waals surface area contributed by atoms with E-state index in [0.29, 0.717) is 23.8 Å². The molecule has 0 fully saturated rings. The number of hydrogen-bond acceptors (Lipinski definition) is 9. The van der Waals surface area contributed by atoms with E-state index in [1.807, 2.05) is 0 Å². The molecular weight excluding hydrogens is 667 g/mol. The lowest BCUT2D eigenvalue weighted by Gasteiger charge is -2.32. The van der Waals surface area contributed by atoms with E-state index in [2.05, 4.69) is 35.0 Å². The number of rotatable bonds is 8. The van der Waals surface area contributed by atoms with Gasteiger partial charge in [-0.25, -0.2) is 19.4 Å². The fourth-order valence-electron chi connectivity index (χ4n) is 5.12. The van der Waals surface area contributed by atoms with Gasteiger partial charge in [0.05, 0.1) is 31.6 Å². The number of methoxy groups -OCH3 is 2. The largest absolute Gasteiger partial charge is 0.471 e. The Morgan fingerprint density at radius 1 is 1.00 bits per heavy atom. The second-order valence-corrected chi connectivity index (χ2v) is 19.5. The van der Waals surface area contributed by atoms with Crippen molar-refractivity contribution in [1.82, 2.24) is 14.9 Å². The molecule has 0 radical (unpaired) electrons. The number of amides is 3. The Morgan fingerprint density at radius 3 is 2.27 bits per heavy atom. The molecule has 1 aromatic heterocycles. The summed E-state index contributed by atoms with van der Waals surface area (Å²) in [6, 6.07) is 2.34.